The molecule has 30 heavy (non-hydrogen) atoms. The Labute approximate surface area is 183 Å². The topological polar surface area (TPSA) is 47.6 Å². The zero-order chi connectivity index (χ0) is 20.9. The number of carbonyl (C=O) groups excluding carboxylic acids is 1. The van der Waals surface area contributed by atoms with E-state index in [0.717, 1.165) is 20.8 Å². The van der Waals surface area contributed by atoms with E-state index in [2.05, 4.69) is 21.2 Å². The maximum atomic E-state index is 13.2. The van der Waals surface area contributed by atoms with Crippen LogP contribution in [-0.4, -0.2) is 13.0 Å². The molecule has 0 unspecified atom stereocenters. The van der Waals surface area contributed by atoms with Crippen molar-refractivity contribution >= 4 is 38.3 Å². The molecule has 4 nitrogen and oxygen atoms in total. The van der Waals surface area contributed by atoms with Crippen LogP contribution in [0.25, 0.3) is 10.8 Å². The van der Waals surface area contributed by atoms with E-state index in [-0.39, 0.29) is 5.91 Å². The largest absolute Gasteiger partial charge is 0.495 e. The monoisotopic (exact) mass is 461 g/mol. The fraction of sp³-hybridized carbons (Fsp3) is 0.0800. The van der Waals surface area contributed by atoms with E-state index in [0.29, 0.717) is 29.4 Å². The van der Waals surface area contributed by atoms with E-state index in [1.807, 2.05) is 72.8 Å². The van der Waals surface area contributed by atoms with Crippen LogP contribution in [0, 0.1) is 0 Å². The van der Waals surface area contributed by atoms with Gasteiger partial charge in [-0.05, 0) is 52.7 Å². The molecule has 4 aromatic rings. The summed E-state index contributed by atoms with van der Waals surface area (Å²) in [5, 5.41) is 4.88. The summed E-state index contributed by atoms with van der Waals surface area (Å²) in [7, 11) is 1.58. The predicted molar refractivity (Wildman–Crippen MR) is 123 cm³/mol. The standard InChI is InChI=1S/C25H20BrNO3/c1-29-23-10-6-5-9-22(23)27-25(28)21-14-19-13-20(26)12-11-18(19)15-24(21)30-16-17-7-3-2-4-8-17/h2-15H,16H2,1H3,(H,27,28). The number of benzene rings is 4. The van der Waals surface area contributed by atoms with Gasteiger partial charge in [0.1, 0.15) is 18.1 Å². The molecule has 4 rings (SSSR count). The van der Waals surface area contributed by atoms with Gasteiger partial charge in [0.2, 0.25) is 0 Å². The second kappa shape index (κ2) is 9.01. The van der Waals surface area contributed by atoms with Gasteiger partial charge in [0.25, 0.3) is 5.91 Å². The van der Waals surface area contributed by atoms with E-state index in [1.165, 1.54) is 0 Å². The average molecular weight is 462 g/mol. The summed E-state index contributed by atoms with van der Waals surface area (Å²) in [6, 6.07) is 26.9. The highest BCUT2D eigenvalue weighted by atomic mass is 79.9. The summed E-state index contributed by atoms with van der Waals surface area (Å²) in [6.45, 7) is 0.373. The van der Waals surface area contributed by atoms with E-state index in [1.54, 1.807) is 19.2 Å². The minimum absolute atomic E-state index is 0.260. The Morgan fingerprint density at radius 3 is 2.43 bits per heavy atom. The van der Waals surface area contributed by atoms with Gasteiger partial charge in [-0.25, -0.2) is 0 Å². The number of amides is 1. The van der Waals surface area contributed by atoms with Crippen LogP contribution in [0.4, 0.5) is 5.69 Å². The lowest BCUT2D eigenvalue weighted by Gasteiger charge is -2.15. The van der Waals surface area contributed by atoms with Crippen LogP contribution >= 0.6 is 15.9 Å². The molecule has 0 spiro atoms. The Morgan fingerprint density at radius 2 is 1.63 bits per heavy atom. The molecule has 0 atom stereocenters. The van der Waals surface area contributed by atoms with E-state index < -0.39 is 0 Å². The van der Waals surface area contributed by atoms with Crippen molar-refractivity contribution in [3.05, 3.63) is 101 Å². The number of halogens is 1. The van der Waals surface area contributed by atoms with Gasteiger partial charge in [-0.1, -0.05) is 64.5 Å². The van der Waals surface area contributed by atoms with Crippen LogP contribution in [-0.2, 0) is 6.61 Å². The fourth-order valence-electron chi connectivity index (χ4n) is 3.22. The molecular formula is C25H20BrNO3. The Kier molecular flexibility index (Phi) is 6.00. The van der Waals surface area contributed by atoms with Crippen LogP contribution in [0.15, 0.2) is 89.4 Å². The van der Waals surface area contributed by atoms with Crippen molar-refractivity contribution in [1.29, 1.82) is 0 Å². The Morgan fingerprint density at radius 1 is 0.867 bits per heavy atom. The Hall–Kier alpha value is -3.31. The molecule has 0 bridgehead atoms. The molecule has 0 aliphatic rings. The molecule has 0 aliphatic heterocycles. The first-order valence-electron chi connectivity index (χ1n) is 9.48. The smallest absolute Gasteiger partial charge is 0.259 e. The van der Waals surface area contributed by atoms with Crippen LogP contribution in [0.3, 0.4) is 0 Å². The number of hydrogen-bond donors (Lipinski definition) is 1. The lowest BCUT2D eigenvalue weighted by atomic mass is 10.0. The molecule has 4 aromatic carbocycles. The summed E-state index contributed by atoms with van der Waals surface area (Å²) >= 11 is 3.50. The minimum atomic E-state index is -0.260. The number of nitrogens with one attached hydrogen (secondary N) is 1. The molecule has 0 radical (unpaired) electrons. The third kappa shape index (κ3) is 4.47. The first kappa shape index (κ1) is 20.0. The quantitative estimate of drug-likeness (QED) is 0.359. The van der Waals surface area contributed by atoms with Gasteiger partial charge in [-0.3, -0.25) is 4.79 Å². The summed E-state index contributed by atoms with van der Waals surface area (Å²) in [5.41, 5.74) is 2.10. The lowest BCUT2D eigenvalue weighted by Crippen LogP contribution is -2.14. The molecule has 0 saturated heterocycles. The van der Waals surface area contributed by atoms with Gasteiger partial charge in [-0.2, -0.15) is 0 Å². The molecule has 0 aromatic heterocycles. The molecule has 0 heterocycles. The van der Waals surface area contributed by atoms with E-state index in [9.17, 15) is 4.79 Å². The molecule has 0 saturated carbocycles. The van der Waals surface area contributed by atoms with Gasteiger partial charge in [0, 0.05) is 4.47 Å². The molecule has 1 amide bonds. The maximum Gasteiger partial charge on any atom is 0.259 e. The first-order valence-corrected chi connectivity index (χ1v) is 10.3. The summed E-state index contributed by atoms with van der Waals surface area (Å²) in [5.74, 6) is 0.867. The van der Waals surface area contributed by atoms with Gasteiger partial charge >= 0.3 is 0 Å². The van der Waals surface area contributed by atoms with Crippen molar-refractivity contribution in [2.75, 3.05) is 12.4 Å². The van der Waals surface area contributed by atoms with Crippen LogP contribution in [0.1, 0.15) is 15.9 Å². The zero-order valence-electron chi connectivity index (χ0n) is 16.4. The number of fused-ring (bicyclic) bond motifs is 1. The summed E-state index contributed by atoms with van der Waals surface area (Å²) < 4.78 is 12.4. The second-order valence-electron chi connectivity index (χ2n) is 6.77. The molecule has 150 valence electrons. The van der Waals surface area contributed by atoms with Crippen LogP contribution in [0.5, 0.6) is 11.5 Å². The third-order valence-electron chi connectivity index (χ3n) is 4.74. The van der Waals surface area contributed by atoms with E-state index in [4.69, 9.17) is 9.47 Å². The molecule has 5 heteroatoms. The van der Waals surface area contributed by atoms with E-state index >= 15 is 0 Å². The fourth-order valence-corrected chi connectivity index (χ4v) is 3.60. The van der Waals surface area contributed by atoms with Crippen LogP contribution < -0.4 is 14.8 Å². The van der Waals surface area contributed by atoms with Crippen molar-refractivity contribution in [2.45, 2.75) is 6.61 Å². The van der Waals surface area contributed by atoms with Gasteiger partial charge < -0.3 is 14.8 Å². The molecule has 1 N–H and O–H groups in total. The minimum Gasteiger partial charge on any atom is -0.495 e. The van der Waals surface area contributed by atoms with Gasteiger partial charge in [0.15, 0.2) is 0 Å². The SMILES string of the molecule is COc1ccccc1NC(=O)c1cc2cc(Br)ccc2cc1OCc1ccccc1. The molecular weight excluding hydrogens is 442 g/mol. The highest BCUT2D eigenvalue weighted by molar-refractivity contribution is 9.10. The first-order chi connectivity index (χ1) is 14.6. The number of rotatable bonds is 6. The van der Waals surface area contributed by atoms with Crippen molar-refractivity contribution in [1.82, 2.24) is 0 Å². The van der Waals surface area contributed by atoms with Gasteiger partial charge in [-0.15, -0.1) is 0 Å². The lowest BCUT2D eigenvalue weighted by molar-refractivity contribution is 0.102. The molecule has 0 aliphatic carbocycles. The Balaban J connectivity index is 1.70. The number of para-hydroxylation sites is 2. The summed E-state index contributed by atoms with van der Waals surface area (Å²) in [4.78, 5) is 13.2. The number of anilines is 1. The average Bonchev–Trinajstić information content (AvgIpc) is 2.78. The maximum absolute atomic E-state index is 13.2. The predicted octanol–water partition coefficient (Wildman–Crippen LogP) is 6.44. The van der Waals surface area contributed by atoms with Crippen molar-refractivity contribution < 1.29 is 14.3 Å². The van der Waals surface area contributed by atoms with Crippen molar-refractivity contribution in [3.8, 4) is 11.5 Å². The highest BCUT2D eigenvalue weighted by Crippen LogP contribution is 2.31. The number of hydrogen-bond acceptors (Lipinski definition) is 3. The summed E-state index contributed by atoms with van der Waals surface area (Å²) in [6.07, 6.45) is 0. The number of methoxy groups -OCH3 is 1. The molecule has 0 fully saturated rings. The third-order valence-corrected chi connectivity index (χ3v) is 5.23. The number of carbonyl (C=O) groups is 1. The second-order valence-corrected chi connectivity index (χ2v) is 7.68. The van der Waals surface area contributed by atoms with Gasteiger partial charge in [0.05, 0.1) is 18.4 Å². The number of ether oxygens (including phenoxy) is 2. The van der Waals surface area contributed by atoms with Crippen molar-refractivity contribution in [2.24, 2.45) is 0 Å². The highest BCUT2D eigenvalue weighted by Gasteiger charge is 2.16. The Bertz CT molecular complexity index is 1190. The van der Waals surface area contributed by atoms with Crippen LogP contribution in [0.2, 0.25) is 0 Å². The normalized spacial score (nSPS) is 10.6. The zero-order valence-corrected chi connectivity index (χ0v) is 18.0. The van der Waals surface area contributed by atoms with Crippen molar-refractivity contribution in [3.63, 3.8) is 0 Å².